The Morgan fingerprint density at radius 3 is 2.79 bits per heavy atom. The summed E-state index contributed by atoms with van der Waals surface area (Å²) >= 11 is 3.28. The van der Waals surface area contributed by atoms with Crippen LogP contribution >= 0.6 is 15.9 Å². The predicted molar refractivity (Wildman–Crippen MR) is 75.4 cm³/mol. The fourth-order valence-electron chi connectivity index (χ4n) is 1.30. The first-order chi connectivity index (χ1) is 9.19. The van der Waals surface area contributed by atoms with Gasteiger partial charge in [0.2, 0.25) is 11.8 Å². The lowest BCUT2D eigenvalue weighted by Gasteiger charge is -2.08. The third-order valence-electron chi connectivity index (χ3n) is 2.13. The van der Waals surface area contributed by atoms with Crippen molar-refractivity contribution in [2.45, 2.75) is 0 Å². The molecule has 0 unspecified atom stereocenters. The van der Waals surface area contributed by atoms with Crippen LogP contribution in [0.15, 0.2) is 34.9 Å². The van der Waals surface area contributed by atoms with Gasteiger partial charge < -0.3 is 15.2 Å². The standard InChI is InChI=1S/C13H10BrN3O2/c1-2-7-19-12-11(14)8-15-13(17-12)16-9-3-5-10(18)6-4-9/h1,3-6,8,18H,7H2,(H,15,16,17). The molecule has 2 aromatic rings. The third-order valence-corrected chi connectivity index (χ3v) is 2.67. The van der Waals surface area contributed by atoms with E-state index in [4.69, 9.17) is 11.2 Å². The number of nitrogens with one attached hydrogen (secondary N) is 1. The van der Waals surface area contributed by atoms with E-state index in [9.17, 15) is 5.11 Å². The summed E-state index contributed by atoms with van der Waals surface area (Å²) in [6, 6.07) is 6.55. The van der Waals surface area contributed by atoms with E-state index in [0.717, 1.165) is 5.69 Å². The number of ether oxygens (including phenoxy) is 1. The van der Waals surface area contributed by atoms with E-state index in [1.165, 1.54) is 0 Å². The number of benzene rings is 1. The van der Waals surface area contributed by atoms with Crippen LogP contribution in [-0.2, 0) is 0 Å². The van der Waals surface area contributed by atoms with Crippen LogP contribution in [0.3, 0.4) is 0 Å². The van der Waals surface area contributed by atoms with Gasteiger partial charge in [-0.25, -0.2) is 4.98 Å². The fourth-order valence-corrected chi connectivity index (χ4v) is 1.60. The number of halogens is 1. The van der Waals surface area contributed by atoms with Gasteiger partial charge in [0.1, 0.15) is 5.75 Å². The van der Waals surface area contributed by atoms with Gasteiger partial charge in [-0.3, -0.25) is 0 Å². The van der Waals surface area contributed by atoms with Crippen LogP contribution < -0.4 is 10.1 Å². The molecule has 0 amide bonds. The van der Waals surface area contributed by atoms with Gasteiger partial charge in [0.25, 0.3) is 0 Å². The van der Waals surface area contributed by atoms with Crippen LogP contribution in [0.5, 0.6) is 11.6 Å². The number of aromatic hydroxyl groups is 1. The Balaban J connectivity index is 2.16. The number of rotatable bonds is 4. The molecule has 0 spiro atoms. The summed E-state index contributed by atoms with van der Waals surface area (Å²) in [6.07, 6.45) is 6.70. The molecule has 2 N–H and O–H groups in total. The molecule has 0 aliphatic rings. The highest BCUT2D eigenvalue weighted by molar-refractivity contribution is 9.10. The smallest absolute Gasteiger partial charge is 0.233 e. The van der Waals surface area contributed by atoms with Crippen LogP contribution in [0.2, 0.25) is 0 Å². The van der Waals surface area contributed by atoms with Crippen LogP contribution in [0, 0.1) is 12.3 Å². The third kappa shape index (κ3) is 3.60. The van der Waals surface area contributed by atoms with E-state index in [0.29, 0.717) is 16.3 Å². The summed E-state index contributed by atoms with van der Waals surface area (Å²) in [6.45, 7) is 0.133. The van der Waals surface area contributed by atoms with Crippen molar-refractivity contribution in [2.75, 3.05) is 11.9 Å². The molecule has 1 heterocycles. The summed E-state index contributed by atoms with van der Waals surface area (Å²) < 4.78 is 5.89. The molecule has 6 heteroatoms. The summed E-state index contributed by atoms with van der Waals surface area (Å²) in [5.74, 6) is 3.31. The fraction of sp³-hybridized carbons (Fsp3) is 0.0769. The van der Waals surface area contributed by atoms with E-state index in [1.54, 1.807) is 30.5 Å². The van der Waals surface area contributed by atoms with Crippen LogP contribution in [-0.4, -0.2) is 21.7 Å². The molecule has 0 radical (unpaired) electrons. The van der Waals surface area contributed by atoms with Gasteiger partial charge in [-0.15, -0.1) is 6.42 Å². The maximum absolute atomic E-state index is 9.20. The Labute approximate surface area is 118 Å². The number of hydrogen-bond acceptors (Lipinski definition) is 5. The van der Waals surface area contributed by atoms with Crippen molar-refractivity contribution in [2.24, 2.45) is 0 Å². The van der Waals surface area contributed by atoms with Crippen LogP contribution in [0.1, 0.15) is 0 Å². The topological polar surface area (TPSA) is 67.3 Å². The van der Waals surface area contributed by atoms with Gasteiger partial charge in [-0.1, -0.05) is 5.92 Å². The first-order valence-corrected chi connectivity index (χ1v) is 6.13. The van der Waals surface area contributed by atoms with Crippen LogP contribution in [0.4, 0.5) is 11.6 Å². The second-order valence-electron chi connectivity index (χ2n) is 3.51. The summed E-state index contributed by atoms with van der Waals surface area (Å²) in [7, 11) is 0. The van der Waals surface area contributed by atoms with Gasteiger partial charge in [-0.05, 0) is 40.2 Å². The number of anilines is 2. The average Bonchev–Trinajstić information content (AvgIpc) is 2.42. The van der Waals surface area contributed by atoms with Gasteiger partial charge in [0, 0.05) is 5.69 Å². The summed E-state index contributed by atoms with van der Waals surface area (Å²) in [5.41, 5.74) is 0.753. The Morgan fingerprint density at radius 1 is 1.37 bits per heavy atom. The second-order valence-corrected chi connectivity index (χ2v) is 4.37. The molecule has 0 saturated heterocycles. The van der Waals surface area contributed by atoms with Crippen LogP contribution in [0.25, 0.3) is 0 Å². The molecule has 5 nitrogen and oxygen atoms in total. The second kappa shape index (κ2) is 6.07. The van der Waals surface area contributed by atoms with Crippen molar-refractivity contribution in [1.82, 2.24) is 9.97 Å². The predicted octanol–water partition coefficient (Wildman–Crippen LogP) is 2.70. The lowest BCUT2D eigenvalue weighted by Crippen LogP contribution is -2.02. The van der Waals surface area contributed by atoms with E-state index in [-0.39, 0.29) is 12.4 Å². The molecule has 1 aromatic carbocycles. The minimum Gasteiger partial charge on any atom is -0.508 e. The van der Waals surface area contributed by atoms with E-state index in [1.807, 2.05) is 0 Å². The Bertz CT molecular complexity index is 608. The normalized spacial score (nSPS) is 9.68. The lowest BCUT2D eigenvalue weighted by atomic mass is 10.3. The molecule has 0 saturated carbocycles. The Morgan fingerprint density at radius 2 is 2.11 bits per heavy atom. The van der Waals surface area contributed by atoms with Crippen molar-refractivity contribution >= 4 is 27.6 Å². The van der Waals surface area contributed by atoms with E-state index >= 15 is 0 Å². The molecule has 0 atom stereocenters. The summed E-state index contributed by atoms with van der Waals surface area (Å²) in [5, 5.41) is 12.2. The number of nitrogens with zero attached hydrogens (tertiary/aromatic N) is 2. The lowest BCUT2D eigenvalue weighted by molar-refractivity contribution is 0.353. The summed E-state index contributed by atoms with van der Waals surface area (Å²) in [4.78, 5) is 8.28. The Kier molecular flexibility index (Phi) is 4.21. The molecule has 0 aliphatic carbocycles. The molecular weight excluding hydrogens is 310 g/mol. The molecule has 0 bridgehead atoms. The van der Waals surface area contributed by atoms with Crippen molar-refractivity contribution in [3.05, 3.63) is 34.9 Å². The number of phenolic OH excluding ortho intramolecular Hbond substituents is 1. The average molecular weight is 320 g/mol. The number of terminal acetylenes is 1. The SMILES string of the molecule is C#CCOc1nc(Nc2ccc(O)cc2)ncc1Br. The molecule has 2 rings (SSSR count). The molecule has 1 aromatic heterocycles. The minimum atomic E-state index is 0.133. The van der Waals surface area contributed by atoms with Gasteiger partial charge in [0.15, 0.2) is 6.61 Å². The zero-order chi connectivity index (χ0) is 13.7. The highest BCUT2D eigenvalue weighted by atomic mass is 79.9. The van der Waals surface area contributed by atoms with E-state index in [2.05, 4.69) is 37.1 Å². The molecular formula is C13H10BrN3O2. The van der Waals surface area contributed by atoms with Gasteiger partial charge >= 0.3 is 0 Å². The number of aromatic nitrogens is 2. The quantitative estimate of drug-likeness (QED) is 0.670. The van der Waals surface area contributed by atoms with Gasteiger partial charge in [-0.2, -0.15) is 4.98 Å². The monoisotopic (exact) mass is 319 g/mol. The van der Waals surface area contributed by atoms with Crippen molar-refractivity contribution < 1.29 is 9.84 Å². The molecule has 0 aliphatic heterocycles. The first kappa shape index (κ1) is 13.2. The maximum atomic E-state index is 9.20. The number of phenols is 1. The van der Waals surface area contributed by atoms with E-state index < -0.39 is 0 Å². The molecule has 19 heavy (non-hydrogen) atoms. The highest BCUT2D eigenvalue weighted by Gasteiger charge is 2.06. The van der Waals surface area contributed by atoms with Gasteiger partial charge in [0.05, 0.1) is 10.7 Å². The maximum Gasteiger partial charge on any atom is 0.233 e. The molecule has 0 fully saturated rings. The highest BCUT2D eigenvalue weighted by Crippen LogP contribution is 2.24. The largest absolute Gasteiger partial charge is 0.508 e. The zero-order valence-corrected chi connectivity index (χ0v) is 11.4. The van der Waals surface area contributed by atoms with Crippen molar-refractivity contribution in [3.63, 3.8) is 0 Å². The first-order valence-electron chi connectivity index (χ1n) is 5.34. The van der Waals surface area contributed by atoms with Crippen molar-refractivity contribution in [3.8, 4) is 24.0 Å². The number of hydrogen-bond donors (Lipinski definition) is 2. The zero-order valence-electron chi connectivity index (χ0n) is 9.80. The minimum absolute atomic E-state index is 0.133. The Hall–Kier alpha value is -2.26. The molecule has 96 valence electrons. The van der Waals surface area contributed by atoms with Crippen molar-refractivity contribution in [1.29, 1.82) is 0 Å².